The molecule has 2 aliphatic carbocycles. The lowest BCUT2D eigenvalue weighted by Crippen LogP contribution is -2.42. The number of ether oxygens (including phenoxy) is 2. The van der Waals surface area contributed by atoms with Crippen LogP contribution in [0.15, 0.2) is 0 Å². The Morgan fingerprint density at radius 2 is 1.58 bits per heavy atom. The standard InChI is InChI=1S/C14H22O5/c1-3-18-11(15)10(12(16)19-4-2)14(17)9-13(14)7-5-6-8-13/h10,17H,3-9H2,1-2H3. The van der Waals surface area contributed by atoms with E-state index in [1.165, 1.54) is 0 Å². The maximum atomic E-state index is 12.0. The van der Waals surface area contributed by atoms with E-state index in [2.05, 4.69) is 0 Å². The van der Waals surface area contributed by atoms with E-state index in [9.17, 15) is 14.7 Å². The second kappa shape index (κ2) is 5.12. The van der Waals surface area contributed by atoms with Crippen LogP contribution in [-0.4, -0.2) is 35.9 Å². The van der Waals surface area contributed by atoms with E-state index in [0.29, 0.717) is 6.42 Å². The van der Waals surface area contributed by atoms with Gasteiger partial charge in [0.25, 0.3) is 0 Å². The van der Waals surface area contributed by atoms with E-state index in [0.717, 1.165) is 25.7 Å². The summed E-state index contributed by atoms with van der Waals surface area (Å²) in [5, 5.41) is 10.7. The minimum atomic E-state index is -1.26. The van der Waals surface area contributed by atoms with Gasteiger partial charge in [-0.2, -0.15) is 0 Å². The molecule has 2 aliphatic rings. The van der Waals surface area contributed by atoms with Crippen molar-refractivity contribution in [3.63, 3.8) is 0 Å². The van der Waals surface area contributed by atoms with Gasteiger partial charge in [0.1, 0.15) is 0 Å². The first-order valence-corrected chi connectivity index (χ1v) is 7.06. The van der Waals surface area contributed by atoms with Crippen LogP contribution >= 0.6 is 0 Å². The molecule has 1 N–H and O–H groups in total. The van der Waals surface area contributed by atoms with Crippen molar-refractivity contribution in [1.82, 2.24) is 0 Å². The second-order valence-electron chi connectivity index (χ2n) is 5.53. The summed E-state index contributed by atoms with van der Waals surface area (Å²) >= 11 is 0. The van der Waals surface area contributed by atoms with Crippen LogP contribution in [0.2, 0.25) is 0 Å². The van der Waals surface area contributed by atoms with Crippen LogP contribution in [0.3, 0.4) is 0 Å². The van der Waals surface area contributed by atoms with Crippen LogP contribution in [-0.2, 0) is 19.1 Å². The topological polar surface area (TPSA) is 72.8 Å². The zero-order valence-electron chi connectivity index (χ0n) is 11.6. The summed E-state index contributed by atoms with van der Waals surface area (Å²) in [6.45, 7) is 3.75. The van der Waals surface area contributed by atoms with Gasteiger partial charge in [-0.15, -0.1) is 0 Å². The molecule has 108 valence electrons. The molecule has 1 atom stereocenters. The zero-order valence-corrected chi connectivity index (χ0v) is 11.6. The summed E-state index contributed by atoms with van der Waals surface area (Å²) in [5.41, 5.74) is -1.53. The molecule has 2 saturated carbocycles. The van der Waals surface area contributed by atoms with Crippen LogP contribution in [0.1, 0.15) is 46.0 Å². The van der Waals surface area contributed by atoms with E-state index >= 15 is 0 Å². The van der Waals surface area contributed by atoms with E-state index in [-0.39, 0.29) is 18.6 Å². The molecule has 0 aromatic heterocycles. The second-order valence-corrected chi connectivity index (χ2v) is 5.53. The molecule has 0 aromatic carbocycles. The van der Waals surface area contributed by atoms with Gasteiger partial charge >= 0.3 is 11.9 Å². The Bertz CT molecular complexity index is 354. The lowest BCUT2D eigenvalue weighted by molar-refractivity contribution is -0.170. The first kappa shape index (κ1) is 14.3. The molecule has 0 radical (unpaired) electrons. The van der Waals surface area contributed by atoms with E-state index in [1.54, 1.807) is 13.8 Å². The van der Waals surface area contributed by atoms with Gasteiger partial charge in [0, 0.05) is 5.41 Å². The van der Waals surface area contributed by atoms with E-state index < -0.39 is 23.5 Å². The third-order valence-corrected chi connectivity index (χ3v) is 4.48. The number of hydrogen-bond acceptors (Lipinski definition) is 5. The highest BCUT2D eigenvalue weighted by Gasteiger charge is 2.74. The summed E-state index contributed by atoms with van der Waals surface area (Å²) in [5.74, 6) is -2.51. The van der Waals surface area contributed by atoms with E-state index in [1.807, 2.05) is 0 Å². The van der Waals surface area contributed by atoms with Crippen molar-refractivity contribution >= 4 is 11.9 Å². The summed E-state index contributed by atoms with van der Waals surface area (Å²) in [6.07, 6.45) is 4.33. The minimum absolute atomic E-state index is 0.192. The largest absolute Gasteiger partial charge is 0.465 e. The van der Waals surface area contributed by atoms with Crippen LogP contribution in [0.5, 0.6) is 0 Å². The Hall–Kier alpha value is -1.10. The third-order valence-electron chi connectivity index (χ3n) is 4.48. The maximum Gasteiger partial charge on any atom is 0.323 e. The molecule has 1 unspecified atom stereocenters. The molecule has 0 aromatic rings. The Morgan fingerprint density at radius 3 is 2.00 bits per heavy atom. The Kier molecular flexibility index (Phi) is 3.85. The fourth-order valence-electron chi connectivity index (χ4n) is 3.48. The van der Waals surface area contributed by atoms with Crippen LogP contribution < -0.4 is 0 Å². The van der Waals surface area contributed by atoms with Gasteiger partial charge in [-0.1, -0.05) is 12.8 Å². The highest BCUT2D eigenvalue weighted by molar-refractivity contribution is 5.97. The average Bonchev–Trinajstić information content (AvgIpc) is 2.72. The Balaban J connectivity index is 2.18. The minimum Gasteiger partial charge on any atom is -0.465 e. The first-order valence-electron chi connectivity index (χ1n) is 7.06. The molecule has 1 spiro atoms. The summed E-state index contributed by atoms with van der Waals surface area (Å²) in [7, 11) is 0. The molecule has 2 rings (SSSR count). The molecule has 5 heteroatoms. The number of carbonyl (C=O) groups is 2. The molecular formula is C14H22O5. The SMILES string of the molecule is CCOC(=O)C(C(=O)OCC)C1(O)CC12CCCC2. The monoisotopic (exact) mass is 270 g/mol. The van der Waals surface area contributed by atoms with Crippen molar-refractivity contribution < 1.29 is 24.2 Å². The smallest absolute Gasteiger partial charge is 0.323 e. The summed E-state index contributed by atoms with van der Waals surface area (Å²) < 4.78 is 9.88. The van der Waals surface area contributed by atoms with Crippen LogP contribution in [0.4, 0.5) is 0 Å². The van der Waals surface area contributed by atoms with E-state index in [4.69, 9.17) is 9.47 Å². The molecule has 0 saturated heterocycles. The fraction of sp³-hybridized carbons (Fsp3) is 0.857. The number of rotatable bonds is 5. The van der Waals surface area contributed by atoms with Crippen molar-refractivity contribution in [2.24, 2.45) is 11.3 Å². The first-order chi connectivity index (χ1) is 9.00. The van der Waals surface area contributed by atoms with Gasteiger partial charge < -0.3 is 14.6 Å². The maximum absolute atomic E-state index is 12.0. The predicted molar refractivity (Wildman–Crippen MR) is 67.2 cm³/mol. The molecule has 0 amide bonds. The quantitative estimate of drug-likeness (QED) is 0.604. The molecule has 0 bridgehead atoms. The van der Waals surface area contributed by atoms with Crippen molar-refractivity contribution in [3.05, 3.63) is 0 Å². The van der Waals surface area contributed by atoms with Gasteiger partial charge in [-0.05, 0) is 33.1 Å². The lowest BCUT2D eigenvalue weighted by atomic mass is 9.89. The summed E-state index contributed by atoms with van der Waals surface area (Å²) in [6, 6.07) is 0. The predicted octanol–water partition coefficient (Wildman–Crippen LogP) is 1.42. The molecule has 0 aliphatic heterocycles. The van der Waals surface area contributed by atoms with Crippen LogP contribution in [0, 0.1) is 11.3 Å². The highest BCUT2D eigenvalue weighted by Crippen LogP contribution is 2.68. The number of aliphatic hydroxyl groups is 1. The third kappa shape index (κ3) is 2.24. The Labute approximate surface area is 113 Å². The average molecular weight is 270 g/mol. The number of hydrogen-bond donors (Lipinski definition) is 1. The van der Waals surface area contributed by atoms with Crippen molar-refractivity contribution in [3.8, 4) is 0 Å². The highest BCUT2D eigenvalue weighted by atomic mass is 16.6. The van der Waals surface area contributed by atoms with Crippen molar-refractivity contribution in [1.29, 1.82) is 0 Å². The lowest BCUT2D eigenvalue weighted by Gasteiger charge is -2.23. The fourth-order valence-corrected chi connectivity index (χ4v) is 3.48. The molecule has 5 nitrogen and oxygen atoms in total. The van der Waals surface area contributed by atoms with Crippen molar-refractivity contribution in [2.45, 2.75) is 51.6 Å². The van der Waals surface area contributed by atoms with Gasteiger partial charge in [0.2, 0.25) is 0 Å². The molecular weight excluding hydrogens is 248 g/mol. The molecule has 0 heterocycles. The normalized spacial score (nSPS) is 27.6. The molecule has 19 heavy (non-hydrogen) atoms. The Morgan fingerprint density at radius 1 is 1.11 bits per heavy atom. The van der Waals surface area contributed by atoms with Gasteiger partial charge in [0.15, 0.2) is 5.92 Å². The molecule has 2 fully saturated rings. The van der Waals surface area contributed by atoms with Gasteiger partial charge in [0.05, 0.1) is 18.8 Å². The zero-order chi connectivity index (χ0) is 14.1. The number of esters is 2. The van der Waals surface area contributed by atoms with Gasteiger partial charge in [-0.25, -0.2) is 0 Å². The summed E-state index contributed by atoms with van der Waals surface area (Å²) in [4.78, 5) is 24.0. The van der Waals surface area contributed by atoms with Crippen molar-refractivity contribution in [2.75, 3.05) is 13.2 Å². The number of carbonyl (C=O) groups excluding carboxylic acids is 2. The van der Waals surface area contributed by atoms with Crippen LogP contribution in [0.25, 0.3) is 0 Å². The van der Waals surface area contributed by atoms with Gasteiger partial charge in [-0.3, -0.25) is 9.59 Å².